The summed E-state index contributed by atoms with van der Waals surface area (Å²) >= 11 is 1.29. The topological polar surface area (TPSA) is 98.5 Å². The van der Waals surface area contributed by atoms with E-state index in [1.807, 2.05) is 30.3 Å². The van der Waals surface area contributed by atoms with Crippen LogP contribution in [-0.4, -0.2) is 35.1 Å². The Morgan fingerprint density at radius 3 is 2.56 bits per heavy atom. The molecule has 0 saturated heterocycles. The number of ether oxygens (including phenoxy) is 1. The minimum Gasteiger partial charge on any atom is -0.480 e. The number of hydrogen-bond donors (Lipinski definition) is 1. The second-order valence-electron chi connectivity index (χ2n) is 7.09. The molecule has 8 nitrogen and oxygen atoms in total. The molecule has 0 aliphatic heterocycles. The first-order valence-corrected chi connectivity index (χ1v) is 12.1. The molecule has 12 heteroatoms. The van der Waals surface area contributed by atoms with Gasteiger partial charge in [-0.15, -0.1) is 0 Å². The number of sulfonamides is 1. The number of fused-ring (bicyclic) bond motifs is 1. The minimum atomic E-state index is -4.39. The van der Waals surface area contributed by atoms with Gasteiger partial charge in [0, 0.05) is 23.4 Å². The van der Waals surface area contributed by atoms with Gasteiger partial charge in [0.05, 0.1) is 19.0 Å². The molecule has 0 amide bonds. The Labute approximate surface area is 196 Å². The Morgan fingerprint density at radius 2 is 1.85 bits per heavy atom. The van der Waals surface area contributed by atoms with Gasteiger partial charge in [-0.1, -0.05) is 41.7 Å². The van der Waals surface area contributed by atoms with Gasteiger partial charge in [-0.05, 0) is 18.2 Å². The van der Waals surface area contributed by atoms with Gasteiger partial charge in [-0.2, -0.15) is 5.10 Å². The number of nitrogens with zero attached hydrogens (tertiary/aromatic N) is 4. The molecule has 172 valence electrons. The van der Waals surface area contributed by atoms with Crippen LogP contribution in [-0.2, 0) is 10.0 Å². The van der Waals surface area contributed by atoms with E-state index < -0.39 is 26.6 Å². The summed E-state index contributed by atoms with van der Waals surface area (Å²) in [5.74, 6) is -2.13. The number of aromatic nitrogens is 4. The first kappa shape index (κ1) is 21.9. The Morgan fingerprint density at radius 1 is 1.06 bits per heavy atom. The fourth-order valence-electron chi connectivity index (χ4n) is 3.26. The zero-order valence-electron chi connectivity index (χ0n) is 17.4. The predicted octanol–water partition coefficient (Wildman–Crippen LogP) is 4.61. The van der Waals surface area contributed by atoms with Crippen molar-refractivity contribution in [2.75, 3.05) is 11.8 Å². The zero-order valence-corrected chi connectivity index (χ0v) is 19.1. The molecule has 0 spiro atoms. The van der Waals surface area contributed by atoms with Crippen molar-refractivity contribution >= 4 is 32.0 Å². The van der Waals surface area contributed by atoms with Crippen molar-refractivity contribution in [3.05, 3.63) is 78.6 Å². The number of benzene rings is 2. The van der Waals surface area contributed by atoms with Gasteiger partial charge in [0.25, 0.3) is 10.0 Å². The quantitative estimate of drug-likeness (QED) is 0.367. The van der Waals surface area contributed by atoms with E-state index >= 15 is 0 Å². The number of nitrogens with one attached hydrogen (secondary N) is 1. The first-order chi connectivity index (χ1) is 16.3. The first-order valence-electron chi connectivity index (χ1n) is 9.78. The third-order valence-electron chi connectivity index (χ3n) is 4.83. The van der Waals surface area contributed by atoms with Crippen molar-refractivity contribution < 1.29 is 21.9 Å². The highest BCUT2D eigenvalue weighted by Crippen LogP contribution is 2.33. The van der Waals surface area contributed by atoms with Crippen molar-refractivity contribution in [2.45, 2.75) is 4.90 Å². The minimum absolute atomic E-state index is 0.0254. The molecule has 0 radical (unpaired) electrons. The zero-order chi connectivity index (χ0) is 23.9. The largest absolute Gasteiger partial charge is 0.480 e. The summed E-state index contributed by atoms with van der Waals surface area (Å²) < 4.78 is 61.8. The van der Waals surface area contributed by atoms with E-state index in [2.05, 4.69) is 19.8 Å². The molecule has 34 heavy (non-hydrogen) atoms. The fourth-order valence-corrected chi connectivity index (χ4v) is 5.23. The van der Waals surface area contributed by atoms with E-state index in [1.54, 1.807) is 10.7 Å². The maximum atomic E-state index is 14.1. The van der Waals surface area contributed by atoms with Crippen LogP contribution < -0.4 is 9.46 Å². The Kier molecular flexibility index (Phi) is 5.46. The molecule has 2 aromatic carbocycles. The molecule has 0 unspecified atom stereocenters. The van der Waals surface area contributed by atoms with Crippen molar-refractivity contribution in [3.63, 3.8) is 0 Å². The van der Waals surface area contributed by atoms with Gasteiger partial charge in [-0.3, -0.25) is 4.72 Å². The van der Waals surface area contributed by atoms with Crippen LogP contribution in [0.15, 0.2) is 71.9 Å². The number of methoxy groups -OCH3 is 1. The normalized spacial score (nSPS) is 11.6. The van der Waals surface area contributed by atoms with Gasteiger partial charge in [-0.25, -0.2) is 31.7 Å². The number of imidazole rings is 1. The summed E-state index contributed by atoms with van der Waals surface area (Å²) in [6, 6.07) is 13.3. The monoisotopic (exact) mass is 499 g/mol. The highest BCUT2D eigenvalue weighted by molar-refractivity contribution is 7.92. The highest BCUT2D eigenvalue weighted by Gasteiger charge is 2.23. The average Bonchev–Trinajstić information content (AvgIpc) is 3.39. The van der Waals surface area contributed by atoms with E-state index in [0.717, 1.165) is 23.4 Å². The summed E-state index contributed by atoms with van der Waals surface area (Å²) in [5, 5.41) is 5.05. The third kappa shape index (κ3) is 4.08. The van der Waals surface area contributed by atoms with Crippen LogP contribution in [0.3, 0.4) is 0 Å². The lowest BCUT2D eigenvalue weighted by Gasteiger charge is -2.12. The van der Waals surface area contributed by atoms with Crippen LogP contribution in [0, 0.1) is 11.6 Å². The molecule has 0 bridgehead atoms. The van der Waals surface area contributed by atoms with E-state index in [-0.39, 0.29) is 11.6 Å². The van der Waals surface area contributed by atoms with Gasteiger partial charge in [0.2, 0.25) is 10.8 Å². The maximum Gasteiger partial charge on any atom is 0.264 e. The maximum absolute atomic E-state index is 14.1. The van der Waals surface area contributed by atoms with Crippen LogP contribution in [0.2, 0.25) is 0 Å². The summed E-state index contributed by atoms with van der Waals surface area (Å²) in [5.41, 5.74) is 2.20. The SMILES string of the molecule is COc1ncc(-c2nn3cc(-c4ccccc4)nc3s2)cc1NS(=O)(=O)c1ccc(F)cc1F. The lowest BCUT2D eigenvalue weighted by Crippen LogP contribution is -2.15. The van der Waals surface area contributed by atoms with Gasteiger partial charge in [0.1, 0.15) is 27.2 Å². The number of halogens is 2. The van der Waals surface area contributed by atoms with Crippen molar-refractivity contribution in [1.29, 1.82) is 0 Å². The van der Waals surface area contributed by atoms with Crippen molar-refractivity contribution in [2.24, 2.45) is 0 Å². The van der Waals surface area contributed by atoms with Gasteiger partial charge >= 0.3 is 0 Å². The lowest BCUT2D eigenvalue weighted by atomic mass is 10.2. The number of rotatable bonds is 6. The van der Waals surface area contributed by atoms with Crippen molar-refractivity contribution in [3.8, 4) is 27.7 Å². The molecule has 5 rings (SSSR count). The summed E-state index contributed by atoms with van der Waals surface area (Å²) in [6.45, 7) is 0. The van der Waals surface area contributed by atoms with E-state index in [9.17, 15) is 17.2 Å². The molecule has 3 heterocycles. The number of hydrogen-bond acceptors (Lipinski definition) is 7. The van der Waals surface area contributed by atoms with Crippen LogP contribution in [0.1, 0.15) is 0 Å². The second kappa shape index (κ2) is 8.47. The Bertz CT molecular complexity index is 1590. The summed E-state index contributed by atoms with van der Waals surface area (Å²) in [4.78, 5) is 8.67. The highest BCUT2D eigenvalue weighted by atomic mass is 32.2. The van der Waals surface area contributed by atoms with Gasteiger partial charge in [0.15, 0.2) is 0 Å². The number of pyridine rings is 1. The standard InChI is InChI=1S/C22H15F2N5O3S2/c1-32-20-17(28-34(30,31)19-8-7-15(23)10-16(19)24)9-14(11-25-20)21-27-29-12-18(26-22(29)33-21)13-5-3-2-4-6-13/h2-12,28H,1H3. The molecule has 0 aliphatic rings. The molecule has 0 saturated carbocycles. The Balaban J connectivity index is 1.49. The lowest BCUT2D eigenvalue weighted by molar-refractivity contribution is 0.400. The summed E-state index contributed by atoms with van der Waals surface area (Å²) in [6.07, 6.45) is 3.27. The third-order valence-corrected chi connectivity index (χ3v) is 7.20. The van der Waals surface area contributed by atoms with Gasteiger partial charge < -0.3 is 4.74 Å². The van der Waals surface area contributed by atoms with E-state index in [0.29, 0.717) is 21.6 Å². The number of anilines is 1. The predicted molar refractivity (Wildman–Crippen MR) is 123 cm³/mol. The van der Waals surface area contributed by atoms with E-state index in [4.69, 9.17) is 4.74 Å². The van der Waals surface area contributed by atoms with Crippen LogP contribution in [0.5, 0.6) is 5.88 Å². The summed E-state index contributed by atoms with van der Waals surface area (Å²) in [7, 11) is -3.07. The van der Waals surface area contributed by atoms with Crippen molar-refractivity contribution in [1.82, 2.24) is 19.6 Å². The average molecular weight is 500 g/mol. The molecule has 3 aromatic heterocycles. The molecule has 0 fully saturated rings. The van der Waals surface area contributed by atoms with Crippen LogP contribution in [0.4, 0.5) is 14.5 Å². The van der Waals surface area contributed by atoms with Crippen LogP contribution >= 0.6 is 11.3 Å². The molecule has 1 N–H and O–H groups in total. The van der Waals surface area contributed by atoms with E-state index in [1.165, 1.54) is 30.7 Å². The molecular weight excluding hydrogens is 484 g/mol. The fraction of sp³-hybridized carbons (Fsp3) is 0.0455. The second-order valence-corrected chi connectivity index (χ2v) is 9.69. The molecule has 5 aromatic rings. The smallest absolute Gasteiger partial charge is 0.264 e. The molecule has 0 aliphatic carbocycles. The van der Waals surface area contributed by atoms with Crippen LogP contribution in [0.25, 0.3) is 26.8 Å². The molecule has 0 atom stereocenters. The Hall–Kier alpha value is -3.90. The molecular formula is C22H15F2N5O3S2.